The quantitative estimate of drug-likeness (QED) is 0.800. The topological polar surface area (TPSA) is 55.2 Å². The Bertz CT molecular complexity index is 682. The lowest BCUT2D eigenvalue weighted by Crippen LogP contribution is -2.43. The zero-order valence-corrected chi connectivity index (χ0v) is 13.4. The highest BCUT2D eigenvalue weighted by molar-refractivity contribution is 5.80. The molecule has 2 aliphatic carbocycles. The number of hydrogen-bond acceptors (Lipinski definition) is 3. The highest BCUT2D eigenvalue weighted by atomic mass is 16.2. The van der Waals surface area contributed by atoms with Gasteiger partial charge in [-0.25, -0.2) is 4.68 Å². The maximum Gasteiger partial charge on any atom is 0.266 e. The maximum absolute atomic E-state index is 12.7. The lowest BCUT2D eigenvalue weighted by molar-refractivity contribution is -0.136. The molecular formula is C18H23N3O2. The van der Waals surface area contributed by atoms with Crippen molar-refractivity contribution in [2.75, 3.05) is 6.54 Å². The smallest absolute Gasteiger partial charge is 0.266 e. The van der Waals surface area contributed by atoms with Crippen molar-refractivity contribution in [1.82, 2.24) is 14.7 Å². The van der Waals surface area contributed by atoms with E-state index >= 15 is 0 Å². The van der Waals surface area contributed by atoms with E-state index in [9.17, 15) is 9.59 Å². The first-order chi connectivity index (χ1) is 11.2. The van der Waals surface area contributed by atoms with E-state index < -0.39 is 0 Å². The molecule has 0 N–H and O–H groups in total. The number of rotatable bonds is 4. The summed E-state index contributed by atoms with van der Waals surface area (Å²) in [6.45, 7) is 1.35. The largest absolute Gasteiger partial charge is 0.338 e. The molecule has 1 saturated carbocycles. The number of likely N-dealkylation sites (tertiary alicyclic amines) is 1. The second-order valence-corrected chi connectivity index (χ2v) is 7.02. The third kappa shape index (κ3) is 2.96. The Morgan fingerprint density at radius 3 is 2.70 bits per heavy atom. The molecule has 3 aliphatic rings. The lowest BCUT2D eigenvalue weighted by Gasteiger charge is -2.27. The van der Waals surface area contributed by atoms with Crippen molar-refractivity contribution in [3.05, 3.63) is 40.3 Å². The van der Waals surface area contributed by atoms with Gasteiger partial charge in [-0.3, -0.25) is 9.59 Å². The Hall–Kier alpha value is -1.91. The van der Waals surface area contributed by atoms with Crippen LogP contribution in [-0.4, -0.2) is 33.2 Å². The van der Waals surface area contributed by atoms with E-state index in [4.69, 9.17) is 0 Å². The van der Waals surface area contributed by atoms with Crippen molar-refractivity contribution in [3.8, 4) is 0 Å². The standard InChI is InChI=1S/C18H23N3O2/c22-17-10-9-16(13-7-8-13)19-21(17)12-15-6-3-11-20(15)18(23)14-4-1-2-5-14/h1-2,9-10,13-15H,3-8,11-12H2. The van der Waals surface area contributed by atoms with Crippen LogP contribution >= 0.6 is 0 Å². The second kappa shape index (κ2) is 5.95. The number of allylic oxidation sites excluding steroid dienone is 2. The summed E-state index contributed by atoms with van der Waals surface area (Å²) in [6.07, 6.45) is 10.2. The molecule has 1 amide bonds. The first-order valence-electron chi connectivity index (χ1n) is 8.76. The molecule has 1 saturated heterocycles. The number of aromatic nitrogens is 2. The molecule has 0 radical (unpaired) electrons. The minimum absolute atomic E-state index is 0.0590. The van der Waals surface area contributed by atoms with E-state index in [0.29, 0.717) is 12.5 Å². The van der Waals surface area contributed by atoms with Gasteiger partial charge in [-0.1, -0.05) is 12.2 Å². The molecule has 0 spiro atoms. The molecule has 1 unspecified atom stereocenters. The number of carbonyl (C=O) groups excluding carboxylic acids is 1. The Balaban J connectivity index is 1.50. The molecule has 5 heteroatoms. The van der Waals surface area contributed by atoms with E-state index in [2.05, 4.69) is 17.3 Å². The maximum atomic E-state index is 12.7. The average molecular weight is 313 g/mol. The minimum atomic E-state index is -0.0590. The molecule has 5 nitrogen and oxygen atoms in total. The van der Waals surface area contributed by atoms with Crippen LogP contribution in [0.1, 0.15) is 50.1 Å². The number of carbonyl (C=O) groups is 1. The van der Waals surface area contributed by atoms with Crippen LogP contribution in [0.15, 0.2) is 29.1 Å². The molecule has 23 heavy (non-hydrogen) atoms. The van der Waals surface area contributed by atoms with E-state index in [0.717, 1.165) is 37.9 Å². The SMILES string of the molecule is O=C(C1CC=CC1)N1CCCC1Cn1nc(C2CC2)ccc1=O. The molecule has 0 aromatic carbocycles. The van der Waals surface area contributed by atoms with Gasteiger partial charge in [0.15, 0.2) is 0 Å². The summed E-state index contributed by atoms with van der Waals surface area (Å²) in [7, 11) is 0. The Labute approximate surface area is 136 Å². The van der Waals surface area contributed by atoms with Gasteiger partial charge in [-0.2, -0.15) is 5.10 Å². The Morgan fingerprint density at radius 1 is 1.17 bits per heavy atom. The summed E-state index contributed by atoms with van der Waals surface area (Å²) < 4.78 is 1.58. The van der Waals surface area contributed by atoms with Gasteiger partial charge < -0.3 is 4.90 Å². The molecule has 1 aromatic heterocycles. The zero-order chi connectivity index (χ0) is 15.8. The molecule has 1 atom stereocenters. The predicted molar refractivity (Wildman–Crippen MR) is 87.1 cm³/mol. The first kappa shape index (κ1) is 14.7. The molecule has 1 aliphatic heterocycles. The van der Waals surface area contributed by atoms with Gasteiger partial charge >= 0.3 is 0 Å². The van der Waals surface area contributed by atoms with Crippen LogP contribution in [-0.2, 0) is 11.3 Å². The van der Waals surface area contributed by atoms with Crippen LogP contribution < -0.4 is 5.56 Å². The third-order valence-electron chi connectivity index (χ3n) is 5.28. The van der Waals surface area contributed by atoms with Crippen molar-refractivity contribution in [3.63, 3.8) is 0 Å². The summed E-state index contributed by atoms with van der Waals surface area (Å²) in [5.74, 6) is 0.898. The molecule has 122 valence electrons. The summed E-state index contributed by atoms with van der Waals surface area (Å²) in [6, 6.07) is 3.60. The van der Waals surface area contributed by atoms with Gasteiger partial charge in [-0.15, -0.1) is 0 Å². The van der Waals surface area contributed by atoms with Crippen molar-refractivity contribution >= 4 is 5.91 Å². The normalized spacial score (nSPS) is 24.5. The van der Waals surface area contributed by atoms with Crippen molar-refractivity contribution in [1.29, 1.82) is 0 Å². The zero-order valence-electron chi connectivity index (χ0n) is 13.4. The fourth-order valence-corrected chi connectivity index (χ4v) is 3.76. The Kier molecular flexibility index (Phi) is 3.79. The van der Waals surface area contributed by atoms with Gasteiger partial charge in [0.1, 0.15) is 0 Å². The lowest BCUT2D eigenvalue weighted by atomic mass is 10.1. The van der Waals surface area contributed by atoms with E-state index in [-0.39, 0.29) is 23.4 Å². The molecule has 2 heterocycles. The highest BCUT2D eigenvalue weighted by Crippen LogP contribution is 2.38. The second-order valence-electron chi connectivity index (χ2n) is 7.02. The van der Waals surface area contributed by atoms with Crippen LogP contribution in [0.25, 0.3) is 0 Å². The molecular weight excluding hydrogens is 290 g/mol. The predicted octanol–water partition coefficient (Wildman–Crippen LogP) is 2.08. The summed E-state index contributed by atoms with van der Waals surface area (Å²) in [5.41, 5.74) is 0.969. The Morgan fingerprint density at radius 2 is 1.96 bits per heavy atom. The van der Waals surface area contributed by atoms with E-state index in [1.807, 2.05) is 11.0 Å². The number of nitrogens with zero attached hydrogens (tertiary/aromatic N) is 3. The van der Waals surface area contributed by atoms with E-state index in [1.165, 1.54) is 12.8 Å². The number of amides is 1. The van der Waals surface area contributed by atoms with Gasteiger partial charge in [0.25, 0.3) is 5.56 Å². The monoisotopic (exact) mass is 313 g/mol. The fourth-order valence-electron chi connectivity index (χ4n) is 3.76. The van der Waals surface area contributed by atoms with Crippen LogP contribution in [0.3, 0.4) is 0 Å². The summed E-state index contributed by atoms with van der Waals surface area (Å²) in [4.78, 5) is 26.8. The van der Waals surface area contributed by atoms with Gasteiger partial charge in [0.05, 0.1) is 18.3 Å². The molecule has 0 bridgehead atoms. The van der Waals surface area contributed by atoms with Crippen LogP contribution in [0.4, 0.5) is 0 Å². The van der Waals surface area contributed by atoms with Gasteiger partial charge in [0.2, 0.25) is 5.91 Å². The van der Waals surface area contributed by atoms with Crippen LogP contribution in [0.5, 0.6) is 0 Å². The third-order valence-corrected chi connectivity index (χ3v) is 5.28. The van der Waals surface area contributed by atoms with Crippen LogP contribution in [0.2, 0.25) is 0 Å². The van der Waals surface area contributed by atoms with Crippen molar-refractivity contribution in [2.24, 2.45) is 5.92 Å². The van der Waals surface area contributed by atoms with Gasteiger partial charge in [-0.05, 0) is 44.6 Å². The number of hydrogen-bond donors (Lipinski definition) is 0. The fraction of sp³-hybridized carbons (Fsp3) is 0.611. The van der Waals surface area contributed by atoms with Crippen molar-refractivity contribution < 1.29 is 4.79 Å². The van der Waals surface area contributed by atoms with Crippen LogP contribution in [0, 0.1) is 5.92 Å². The highest BCUT2D eigenvalue weighted by Gasteiger charge is 2.34. The first-order valence-corrected chi connectivity index (χ1v) is 8.76. The van der Waals surface area contributed by atoms with Gasteiger partial charge in [0, 0.05) is 24.4 Å². The minimum Gasteiger partial charge on any atom is -0.338 e. The molecule has 1 aromatic rings. The summed E-state index contributed by atoms with van der Waals surface area (Å²) >= 11 is 0. The molecule has 2 fully saturated rings. The van der Waals surface area contributed by atoms with Crippen molar-refractivity contribution in [2.45, 2.75) is 57.0 Å². The average Bonchev–Trinajstić information content (AvgIpc) is 3.08. The van der Waals surface area contributed by atoms with E-state index in [1.54, 1.807) is 10.7 Å². The summed E-state index contributed by atoms with van der Waals surface area (Å²) in [5, 5.41) is 4.54. The molecule has 4 rings (SSSR count).